The molecule has 0 spiro atoms. The summed E-state index contributed by atoms with van der Waals surface area (Å²) in [6.45, 7) is 4.90. The lowest BCUT2D eigenvalue weighted by atomic mass is 10.0. The molecule has 6 nitrogen and oxygen atoms in total. The quantitative estimate of drug-likeness (QED) is 0.732. The zero-order valence-corrected chi connectivity index (χ0v) is 13.4. The Balaban J connectivity index is 1.84. The summed E-state index contributed by atoms with van der Waals surface area (Å²) >= 11 is 0. The van der Waals surface area contributed by atoms with Crippen LogP contribution in [0.5, 0.6) is 0 Å². The van der Waals surface area contributed by atoms with Crippen LogP contribution in [0.2, 0.25) is 0 Å². The maximum Gasteiger partial charge on any atom is 0.165 e. The fourth-order valence-electron chi connectivity index (χ4n) is 2.39. The van der Waals surface area contributed by atoms with E-state index in [1.807, 2.05) is 36.6 Å². The molecule has 1 atom stereocenters. The zero-order chi connectivity index (χ0) is 16.3. The Morgan fingerprint density at radius 1 is 1.17 bits per heavy atom. The number of aromatic nitrogens is 4. The first-order chi connectivity index (χ1) is 11.1. The molecular formula is C17H21N5O. The van der Waals surface area contributed by atoms with E-state index >= 15 is 0 Å². The van der Waals surface area contributed by atoms with E-state index in [1.165, 1.54) is 11.9 Å². The van der Waals surface area contributed by atoms with Crippen LogP contribution in [0.1, 0.15) is 25.8 Å². The SMILES string of the molecule is CCC(C)(O)Cn1cnc2c(NCc3ccccc3)ncnc21. The second-order valence-electron chi connectivity index (χ2n) is 5.96. The Morgan fingerprint density at radius 2 is 1.96 bits per heavy atom. The highest BCUT2D eigenvalue weighted by molar-refractivity contribution is 5.82. The summed E-state index contributed by atoms with van der Waals surface area (Å²) in [5, 5.41) is 13.6. The lowest BCUT2D eigenvalue weighted by Gasteiger charge is -2.21. The van der Waals surface area contributed by atoms with Crippen molar-refractivity contribution in [3.8, 4) is 0 Å². The highest BCUT2D eigenvalue weighted by Gasteiger charge is 2.20. The van der Waals surface area contributed by atoms with E-state index in [1.54, 1.807) is 6.33 Å². The van der Waals surface area contributed by atoms with Gasteiger partial charge in [0.1, 0.15) is 11.8 Å². The first-order valence-electron chi connectivity index (χ1n) is 7.75. The van der Waals surface area contributed by atoms with E-state index in [-0.39, 0.29) is 0 Å². The van der Waals surface area contributed by atoms with Gasteiger partial charge < -0.3 is 15.0 Å². The molecule has 0 aliphatic carbocycles. The van der Waals surface area contributed by atoms with Gasteiger partial charge in [0.15, 0.2) is 11.5 Å². The number of aliphatic hydroxyl groups is 1. The molecule has 1 unspecified atom stereocenters. The lowest BCUT2D eigenvalue weighted by Crippen LogP contribution is -2.29. The largest absolute Gasteiger partial charge is 0.388 e. The maximum atomic E-state index is 10.3. The van der Waals surface area contributed by atoms with Crippen molar-refractivity contribution in [2.45, 2.75) is 39.0 Å². The molecule has 120 valence electrons. The number of nitrogens with one attached hydrogen (secondary N) is 1. The van der Waals surface area contributed by atoms with Crippen molar-refractivity contribution < 1.29 is 5.11 Å². The summed E-state index contributed by atoms with van der Waals surface area (Å²) in [6, 6.07) is 10.1. The minimum absolute atomic E-state index is 0.454. The first kappa shape index (κ1) is 15.4. The highest BCUT2D eigenvalue weighted by atomic mass is 16.3. The molecule has 0 aliphatic rings. The van der Waals surface area contributed by atoms with Crippen molar-refractivity contribution in [2.24, 2.45) is 0 Å². The second kappa shape index (κ2) is 6.34. The van der Waals surface area contributed by atoms with Gasteiger partial charge in [-0.3, -0.25) is 0 Å². The standard InChI is InChI=1S/C17H21N5O/c1-3-17(2,23)10-22-12-21-14-15(19-11-20-16(14)22)18-9-13-7-5-4-6-8-13/h4-8,11-12,23H,3,9-10H2,1-2H3,(H,18,19,20). The predicted molar refractivity (Wildman–Crippen MR) is 90.0 cm³/mol. The fraction of sp³-hybridized carbons (Fsp3) is 0.353. The molecule has 0 bridgehead atoms. The third-order valence-electron chi connectivity index (χ3n) is 3.98. The van der Waals surface area contributed by atoms with Crippen LogP contribution in [-0.2, 0) is 13.1 Å². The van der Waals surface area contributed by atoms with Gasteiger partial charge in [0, 0.05) is 6.54 Å². The Hall–Kier alpha value is -2.47. The molecule has 2 N–H and O–H groups in total. The Bertz CT molecular complexity index is 782. The summed E-state index contributed by atoms with van der Waals surface area (Å²) < 4.78 is 1.87. The molecule has 0 fully saturated rings. The number of fused-ring (bicyclic) bond motifs is 1. The average molecular weight is 311 g/mol. The van der Waals surface area contributed by atoms with Gasteiger partial charge in [0.25, 0.3) is 0 Å². The average Bonchev–Trinajstić information content (AvgIpc) is 2.97. The molecular weight excluding hydrogens is 290 g/mol. The van der Waals surface area contributed by atoms with E-state index in [4.69, 9.17) is 0 Å². The van der Waals surface area contributed by atoms with Crippen LogP contribution in [0.25, 0.3) is 11.2 Å². The third-order valence-corrected chi connectivity index (χ3v) is 3.98. The van der Waals surface area contributed by atoms with Crippen molar-refractivity contribution >= 4 is 17.0 Å². The monoisotopic (exact) mass is 311 g/mol. The van der Waals surface area contributed by atoms with E-state index < -0.39 is 5.60 Å². The highest BCUT2D eigenvalue weighted by Crippen LogP contribution is 2.21. The Labute approximate surface area is 135 Å². The summed E-state index contributed by atoms with van der Waals surface area (Å²) in [5.41, 5.74) is 1.84. The predicted octanol–water partition coefficient (Wildman–Crippen LogP) is 2.60. The normalized spacial score (nSPS) is 13.9. The second-order valence-corrected chi connectivity index (χ2v) is 5.96. The van der Waals surface area contributed by atoms with Crippen LogP contribution >= 0.6 is 0 Å². The molecule has 3 aromatic rings. The minimum Gasteiger partial charge on any atom is -0.388 e. The zero-order valence-electron chi connectivity index (χ0n) is 13.4. The maximum absolute atomic E-state index is 10.3. The Morgan fingerprint density at radius 3 is 2.70 bits per heavy atom. The number of nitrogens with zero attached hydrogens (tertiary/aromatic N) is 4. The van der Waals surface area contributed by atoms with Crippen molar-refractivity contribution in [3.63, 3.8) is 0 Å². The Kier molecular flexibility index (Phi) is 4.25. The van der Waals surface area contributed by atoms with Gasteiger partial charge >= 0.3 is 0 Å². The van der Waals surface area contributed by atoms with Gasteiger partial charge in [-0.25, -0.2) is 15.0 Å². The van der Waals surface area contributed by atoms with Gasteiger partial charge in [0.2, 0.25) is 0 Å². The number of rotatable bonds is 6. The summed E-state index contributed by atoms with van der Waals surface area (Å²) in [4.78, 5) is 13.0. The molecule has 2 aromatic heterocycles. The summed E-state index contributed by atoms with van der Waals surface area (Å²) in [7, 11) is 0. The lowest BCUT2D eigenvalue weighted by molar-refractivity contribution is 0.0389. The molecule has 0 saturated carbocycles. The van der Waals surface area contributed by atoms with Crippen LogP contribution in [-0.4, -0.2) is 30.2 Å². The van der Waals surface area contributed by atoms with Gasteiger partial charge in [0.05, 0.1) is 18.5 Å². The molecule has 23 heavy (non-hydrogen) atoms. The van der Waals surface area contributed by atoms with Crippen molar-refractivity contribution in [1.29, 1.82) is 0 Å². The minimum atomic E-state index is -0.782. The van der Waals surface area contributed by atoms with Crippen LogP contribution in [0.3, 0.4) is 0 Å². The van der Waals surface area contributed by atoms with Crippen LogP contribution in [0.15, 0.2) is 43.0 Å². The number of imidazole rings is 1. The van der Waals surface area contributed by atoms with Gasteiger partial charge in [-0.1, -0.05) is 37.3 Å². The van der Waals surface area contributed by atoms with E-state index in [9.17, 15) is 5.11 Å². The summed E-state index contributed by atoms with van der Waals surface area (Å²) in [6.07, 6.45) is 3.89. The first-order valence-corrected chi connectivity index (χ1v) is 7.75. The van der Waals surface area contributed by atoms with Gasteiger partial charge in [-0.15, -0.1) is 0 Å². The van der Waals surface area contributed by atoms with Gasteiger partial charge in [-0.05, 0) is 18.9 Å². The van der Waals surface area contributed by atoms with Crippen LogP contribution in [0, 0.1) is 0 Å². The third kappa shape index (κ3) is 3.48. The number of benzene rings is 1. The van der Waals surface area contributed by atoms with Crippen LogP contribution < -0.4 is 5.32 Å². The molecule has 0 amide bonds. The molecule has 0 saturated heterocycles. The molecule has 2 heterocycles. The number of anilines is 1. The molecule has 6 heteroatoms. The van der Waals surface area contributed by atoms with Crippen molar-refractivity contribution in [3.05, 3.63) is 48.5 Å². The van der Waals surface area contributed by atoms with E-state index in [0.29, 0.717) is 25.3 Å². The van der Waals surface area contributed by atoms with Crippen molar-refractivity contribution in [2.75, 3.05) is 5.32 Å². The molecule has 0 aliphatic heterocycles. The smallest absolute Gasteiger partial charge is 0.165 e. The summed E-state index contributed by atoms with van der Waals surface area (Å²) in [5.74, 6) is 0.703. The van der Waals surface area contributed by atoms with Crippen LogP contribution in [0.4, 0.5) is 5.82 Å². The van der Waals surface area contributed by atoms with E-state index in [0.717, 1.165) is 11.2 Å². The topological polar surface area (TPSA) is 75.9 Å². The van der Waals surface area contributed by atoms with Crippen molar-refractivity contribution in [1.82, 2.24) is 19.5 Å². The fourth-order valence-corrected chi connectivity index (χ4v) is 2.39. The number of hydrogen-bond acceptors (Lipinski definition) is 5. The molecule has 3 rings (SSSR count). The van der Waals surface area contributed by atoms with E-state index in [2.05, 4.69) is 32.4 Å². The molecule has 1 aromatic carbocycles. The number of hydrogen-bond donors (Lipinski definition) is 2. The van der Waals surface area contributed by atoms with Gasteiger partial charge in [-0.2, -0.15) is 0 Å². The molecule has 0 radical (unpaired) electrons.